The Hall–Kier alpha value is -4.21. The van der Waals surface area contributed by atoms with E-state index in [1.165, 1.54) is 24.3 Å². The number of hydrazone groups is 1. The van der Waals surface area contributed by atoms with Gasteiger partial charge in [0.1, 0.15) is 17.2 Å². The third-order valence-electron chi connectivity index (χ3n) is 4.09. The molecule has 2 aromatic carbocycles. The van der Waals surface area contributed by atoms with E-state index >= 15 is 0 Å². The van der Waals surface area contributed by atoms with Crippen LogP contribution in [0, 0.1) is 0 Å². The second kappa shape index (κ2) is 8.21. The van der Waals surface area contributed by atoms with E-state index in [0.29, 0.717) is 11.0 Å². The molecule has 3 aromatic rings. The second-order valence-electron chi connectivity index (χ2n) is 5.94. The molecule has 1 amide bonds. The highest BCUT2D eigenvalue weighted by Gasteiger charge is 2.36. The van der Waals surface area contributed by atoms with Gasteiger partial charge in [-0.05, 0) is 24.3 Å². The molecule has 0 aliphatic carbocycles. The van der Waals surface area contributed by atoms with Crippen molar-refractivity contribution in [2.75, 3.05) is 12.4 Å². The first-order valence-corrected chi connectivity index (χ1v) is 8.39. The molecule has 0 aliphatic heterocycles. The quantitative estimate of drug-likeness (QED) is 0.215. The molecule has 10 nitrogen and oxygen atoms in total. The topological polar surface area (TPSA) is 160 Å². The summed E-state index contributed by atoms with van der Waals surface area (Å²) in [6.07, 6.45) is 0. The van der Waals surface area contributed by atoms with Crippen LogP contribution in [0.5, 0.6) is 5.75 Å². The summed E-state index contributed by atoms with van der Waals surface area (Å²) in [7, 11) is 1.10. The zero-order valence-corrected chi connectivity index (χ0v) is 15.2. The van der Waals surface area contributed by atoms with Gasteiger partial charge >= 0.3 is 5.97 Å². The number of benzene rings is 2. The zero-order chi connectivity index (χ0) is 21.0. The number of aromatic amines is 1. The number of hydrogen-bond donors (Lipinski definition) is 4. The van der Waals surface area contributed by atoms with Gasteiger partial charge in [-0.2, -0.15) is 5.10 Å². The fourth-order valence-corrected chi connectivity index (χ4v) is 2.75. The van der Waals surface area contributed by atoms with Gasteiger partial charge in [0.05, 0.1) is 18.1 Å². The number of anilines is 1. The SMILES string of the molecule is COC(=O)C(/C(=N\N)C(=O)Nc1cccc(O)c1)c1nc2ccccc2[nH]c1=O. The van der Waals surface area contributed by atoms with Crippen molar-refractivity contribution in [3.8, 4) is 5.75 Å². The zero-order valence-electron chi connectivity index (χ0n) is 15.2. The first-order valence-electron chi connectivity index (χ1n) is 8.39. The van der Waals surface area contributed by atoms with Crippen LogP contribution in [0.2, 0.25) is 0 Å². The Morgan fingerprint density at radius 3 is 2.69 bits per heavy atom. The van der Waals surface area contributed by atoms with Crippen LogP contribution in [-0.4, -0.2) is 39.8 Å². The predicted molar refractivity (Wildman–Crippen MR) is 105 cm³/mol. The van der Waals surface area contributed by atoms with E-state index in [9.17, 15) is 19.5 Å². The first kappa shape index (κ1) is 19.5. The number of rotatable bonds is 5. The Kier molecular flexibility index (Phi) is 5.54. The van der Waals surface area contributed by atoms with Gasteiger partial charge in [0.15, 0.2) is 5.92 Å². The molecule has 0 saturated heterocycles. The highest BCUT2D eigenvalue weighted by molar-refractivity contribution is 6.47. The van der Waals surface area contributed by atoms with Crippen molar-refractivity contribution >= 4 is 34.3 Å². The lowest BCUT2D eigenvalue weighted by Crippen LogP contribution is -2.38. The third kappa shape index (κ3) is 4.05. The number of aromatic hydroxyl groups is 1. The van der Waals surface area contributed by atoms with Crippen LogP contribution in [0.4, 0.5) is 5.69 Å². The highest BCUT2D eigenvalue weighted by atomic mass is 16.5. The molecular weight excluding hydrogens is 378 g/mol. The van der Waals surface area contributed by atoms with Gasteiger partial charge in [-0.1, -0.05) is 18.2 Å². The van der Waals surface area contributed by atoms with Crippen molar-refractivity contribution in [1.29, 1.82) is 0 Å². The van der Waals surface area contributed by atoms with Gasteiger partial charge in [0.2, 0.25) is 0 Å². The average molecular weight is 395 g/mol. The summed E-state index contributed by atoms with van der Waals surface area (Å²) >= 11 is 0. The smallest absolute Gasteiger partial charge is 0.321 e. The van der Waals surface area contributed by atoms with Gasteiger partial charge in [0.25, 0.3) is 11.5 Å². The monoisotopic (exact) mass is 395 g/mol. The van der Waals surface area contributed by atoms with Crippen molar-refractivity contribution in [3.05, 3.63) is 64.6 Å². The van der Waals surface area contributed by atoms with Crippen molar-refractivity contribution in [3.63, 3.8) is 0 Å². The minimum atomic E-state index is -1.56. The summed E-state index contributed by atoms with van der Waals surface area (Å²) in [5, 5.41) is 15.4. The van der Waals surface area contributed by atoms with Crippen LogP contribution in [-0.2, 0) is 14.3 Å². The van der Waals surface area contributed by atoms with Crippen molar-refractivity contribution < 1.29 is 19.4 Å². The molecule has 1 atom stereocenters. The summed E-state index contributed by atoms with van der Waals surface area (Å²) in [6.45, 7) is 0. The molecule has 29 heavy (non-hydrogen) atoms. The maximum atomic E-state index is 12.7. The largest absolute Gasteiger partial charge is 0.508 e. The first-order chi connectivity index (χ1) is 13.9. The minimum Gasteiger partial charge on any atom is -0.508 e. The molecule has 0 fully saturated rings. The fraction of sp³-hybridized carbons (Fsp3) is 0.105. The minimum absolute atomic E-state index is 0.0776. The second-order valence-corrected chi connectivity index (χ2v) is 5.94. The van der Waals surface area contributed by atoms with Crippen LogP contribution >= 0.6 is 0 Å². The molecule has 10 heteroatoms. The maximum absolute atomic E-state index is 12.7. The number of nitrogens with one attached hydrogen (secondary N) is 2. The number of nitrogens with zero attached hydrogens (tertiary/aromatic N) is 2. The molecule has 1 aromatic heterocycles. The number of H-pyrrole nitrogens is 1. The number of ether oxygens (including phenoxy) is 1. The number of esters is 1. The number of nitrogens with two attached hydrogens (primary N) is 1. The van der Waals surface area contributed by atoms with E-state index in [2.05, 4.69) is 20.4 Å². The van der Waals surface area contributed by atoms with Crippen molar-refractivity contribution in [2.24, 2.45) is 10.9 Å². The van der Waals surface area contributed by atoms with E-state index in [-0.39, 0.29) is 17.1 Å². The maximum Gasteiger partial charge on any atom is 0.321 e. The molecular formula is C19H17N5O5. The summed E-state index contributed by atoms with van der Waals surface area (Å²) in [5.41, 5.74) is -0.356. The number of hydrogen-bond acceptors (Lipinski definition) is 8. The molecule has 0 spiro atoms. The molecule has 1 unspecified atom stereocenters. The average Bonchev–Trinajstić information content (AvgIpc) is 2.71. The molecule has 0 bridgehead atoms. The number of aromatic nitrogens is 2. The number of para-hydroxylation sites is 2. The summed E-state index contributed by atoms with van der Waals surface area (Å²) in [6, 6.07) is 12.4. The molecule has 5 N–H and O–H groups in total. The fourth-order valence-electron chi connectivity index (χ4n) is 2.75. The Labute approximate surface area is 164 Å². The highest BCUT2D eigenvalue weighted by Crippen LogP contribution is 2.20. The predicted octanol–water partition coefficient (Wildman–Crippen LogP) is 0.839. The normalized spacial score (nSPS) is 12.4. The van der Waals surface area contributed by atoms with Crippen molar-refractivity contribution in [2.45, 2.75) is 5.92 Å². The van der Waals surface area contributed by atoms with E-state index in [1.54, 1.807) is 24.3 Å². The molecule has 1 heterocycles. The molecule has 3 rings (SSSR count). The van der Waals surface area contributed by atoms with Crippen LogP contribution in [0.15, 0.2) is 58.4 Å². The molecule has 0 saturated carbocycles. The number of phenols is 1. The lowest BCUT2D eigenvalue weighted by Gasteiger charge is -2.16. The molecule has 0 aliphatic rings. The van der Waals surface area contributed by atoms with Gasteiger partial charge < -0.3 is 26.0 Å². The molecule has 148 valence electrons. The van der Waals surface area contributed by atoms with Gasteiger partial charge in [-0.25, -0.2) is 4.98 Å². The Morgan fingerprint density at radius 2 is 2.00 bits per heavy atom. The van der Waals surface area contributed by atoms with Crippen LogP contribution in [0.1, 0.15) is 11.6 Å². The lowest BCUT2D eigenvalue weighted by molar-refractivity contribution is -0.141. The van der Waals surface area contributed by atoms with Crippen molar-refractivity contribution in [1.82, 2.24) is 9.97 Å². The number of fused-ring (bicyclic) bond motifs is 1. The third-order valence-corrected chi connectivity index (χ3v) is 4.09. The standard InChI is InChI=1S/C19H17N5O5/c1-29-19(28)14(15-17(26)23-13-8-3-2-7-12(13)22-15)16(24-20)18(27)21-10-5-4-6-11(25)9-10/h2-9,14,25H,20H2,1H3,(H,21,27)(H,23,26)/b24-16+. The summed E-state index contributed by atoms with van der Waals surface area (Å²) < 4.78 is 4.75. The van der Waals surface area contributed by atoms with Gasteiger partial charge in [0, 0.05) is 11.8 Å². The van der Waals surface area contributed by atoms with E-state index in [1.807, 2.05) is 0 Å². The lowest BCUT2D eigenvalue weighted by atomic mass is 9.98. The molecule has 0 radical (unpaired) electrons. The number of amides is 1. The van der Waals surface area contributed by atoms with E-state index in [0.717, 1.165) is 7.11 Å². The Bertz CT molecular complexity index is 1170. The number of methoxy groups -OCH3 is 1. The Morgan fingerprint density at radius 1 is 1.24 bits per heavy atom. The van der Waals surface area contributed by atoms with Crippen LogP contribution in [0.25, 0.3) is 11.0 Å². The number of carbonyl (C=O) groups excluding carboxylic acids is 2. The van der Waals surface area contributed by atoms with E-state index < -0.39 is 29.1 Å². The van der Waals surface area contributed by atoms with Crippen LogP contribution in [0.3, 0.4) is 0 Å². The van der Waals surface area contributed by atoms with Gasteiger partial charge in [-0.15, -0.1) is 0 Å². The Balaban J connectivity index is 2.05. The number of carbonyl (C=O) groups is 2. The summed E-state index contributed by atoms with van der Waals surface area (Å²) in [4.78, 5) is 44.5. The summed E-state index contributed by atoms with van der Waals surface area (Å²) in [5.74, 6) is 1.95. The number of phenolic OH excluding ortho intramolecular Hbond substituents is 1. The van der Waals surface area contributed by atoms with E-state index in [4.69, 9.17) is 10.6 Å². The van der Waals surface area contributed by atoms with Gasteiger partial charge in [-0.3, -0.25) is 14.4 Å². The van der Waals surface area contributed by atoms with Crippen LogP contribution < -0.4 is 16.7 Å².